The van der Waals surface area contributed by atoms with Gasteiger partial charge in [0, 0.05) is 42.2 Å². The van der Waals surface area contributed by atoms with Gasteiger partial charge in [-0.2, -0.15) is 0 Å². The Morgan fingerprint density at radius 2 is 1.86 bits per heavy atom. The third-order valence-corrected chi connectivity index (χ3v) is 4.46. The van der Waals surface area contributed by atoms with Crippen LogP contribution in [-0.4, -0.2) is 39.9 Å². The lowest BCUT2D eigenvalue weighted by Gasteiger charge is -2.36. The second-order valence-corrected chi connectivity index (χ2v) is 7.56. The summed E-state index contributed by atoms with van der Waals surface area (Å²) < 4.78 is 0. The lowest BCUT2D eigenvalue weighted by atomic mass is 9.93. The van der Waals surface area contributed by atoms with Gasteiger partial charge in [0.1, 0.15) is 12.1 Å². The second-order valence-electron chi connectivity index (χ2n) is 7.56. The summed E-state index contributed by atoms with van der Waals surface area (Å²) in [5.41, 5.74) is 0.879. The summed E-state index contributed by atoms with van der Waals surface area (Å²) in [5, 5.41) is 3.51. The quantitative estimate of drug-likeness (QED) is 0.933. The Labute approximate surface area is 132 Å². The smallest absolute Gasteiger partial charge is 0.227 e. The minimum absolute atomic E-state index is 0.254. The predicted molar refractivity (Wildman–Crippen MR) is 86.7 cm³/mol. The number of likely N-dealkylation sites (tertiary alicyclic amines) is 1. The summed E-state index contributed by atoms with van der Waals surface area (Å²) in [6.07, 6.45) is 6.12. The molecule has 5 nitrogen and oxygen atoms in total. The highest BCUT2D eigenvalue weighted by molar-refractivity contribution is 5.81. The van der Waals surface area contributed by atoms with Crippen molar-refractivity contribution in [2.24, 2.45) is 5.41 Å². The van der Waals surface area contributed by atoms with Gasteiger partial charge in [-0.1, -0.05) is 20.8 Å². The van der Waals surface area contributed by atoms with Gasteiger partial charge in [-0.3, -0.25) is 4.79 Å². The maximum Gasteiger partial charge on any atom is 0.227 e. The summed E-state index contributed by atoms with van der Waals surface area (Å²) in [6, 6.07) is 2.48. The number of amides is 1. The number of rotatable bonds is 3. The summed E-state index contributed by atoms with van der Waals surface area (Å²) in [5.74, 6) is 1.83. The second kappa shape index (κ2) is 5.86. The highest BCUT2D eigenvalue weighted by Crippen LogP contribution is 2.39. The first-order chi connectivity index (χ1) is 10.4. The van der Waals surface area contributed by atoms with Gasteiger partial charge in [0.15, 0.2) is 0 Å². The number of carbonyl (C=O) groups is 1. The molecule has 1 aromatic heterocycles. The Balaban J connectivity index is 1.53. The molecule has 5 heteroatoms. The first-order valence-electron chi connectivity index (χ1n) is 8.31. The van der Waals surface area contributed by atoms with Crippen LogP contribution in [0.2, 0.25) is 0 Å². The molecule has 2 heterocycles. The lowest BCUT2D eigenvalue weighted by molar-refractivity contribution is -0.140. The van der Waals surface area contributed by atoms with E-state index in [0.717, 1.165) is 37.4 Å². The molecule has 22 heavy (non-hydrogen) atoms. The van der Waals surface area contributed by atoms with Crippen molar-refractivity contribution < 1.29 is 4.79 Å². The number of piperidine rings is 1. The topological polar surface area (TPSA) is 58.1 Å². The number of anilines is 1. The third kappa shape index (κ3) is 3.57. The van der Waals surface area contributed by atoms with Gasteiger partial charge in [0.25, 0.3) is 0 Å². The molecule has 3 rings (SSSR count). The van der Waals surface area contributed by atoms with Crippen molar-refractivity contribution in [2.45, 2.75) is 58.4 Å². The highest BCUT2D eigenvalue weighted by atomic mass is 16.2. The van der Waals surface area contributed by atoms with E-state index < -0.39 is 0 Å². The fourth-order valence-electron chi connectivity index (χ4n) is 2.96. The number of nitrogens with one attached hydrogen (secondary N) is 1. The Hall–Kier alpha value is -1.65. The molecule has 120 valence electrons. The molecule has 0 atom stereocenters. The van der Waals surface area contributed by atoms with Crippen LogP contribution in [0.1, 0.15) is 58.1 Å². The van der Waals surface area contributed by atoms with Crippen LogP contribution >= 0.6 is 0 Å². The summed E-state index contributed by atoms with van der Waals surface area (Å²) in [7, 11) is 0. The van der Waals surface area contributed by atoms with Gasteiger partial charge in [0.05, 0.1) is 0 Å². The molecule has 1 amide bonds. The van der Waals surface area contributed by atoms with E-state index >= 15 is 0 Å². The molecule has 1 aliphatic heterocycles. The first-order valence-corrected chi connectivity index (χ1v) is 8.31. The lowest BCUT2D eigenvalue weighted by Crippen LogP contribution is -2.46. The van der Waals surface area contributed by atoms with Crippen molar-refractivity contribution in [3.05, 3.63) is 18.1 Å². The van der Waals surface area contributed by atoms with Crippen molar-refractivity contribution >= 4 is 11.7 Å². The van der Waals surface area contributed by atoms with E-state index in [-0.39, 0.29) is 11.3 Å². The van der Waals surface area contributed by atoms with Crippen molar-refractivity contribution in [2.75, 3.05) is 18.4 Å². The average molecular weight is 302 g/mol. The Kier molecular flexibility index (Phi) is 4.06. The summed E-state index contributed by atoms with van der Waals surface area (Å²) in [6.45, 7) is 7.61. The molecule has 1 aliphatic carbocycles. The molecule has 0 unspecified atom stereocenters. The zero-order chi connectivity index (χ0) is 15.7. The Bertz CT molecular complexity index is 540. The van der Waals surface area contributed by atoms with Crippen molar-refractivity contribution in [3.63, 3.8) is 0 Å². The molecule has 1 N–H and O–H groups in total. The summed E-state index contributed by atoms with van der Waals surface area (Å²) in [4.78, 5) is 23.0. The zero-order valence-corrected chi connectivity index (χ0v) is 13.8. The standard InChI is InChI=1S/C17H26N4O/c1-17(2,3)16(22)21-8-6-13(7-9-21)20-15-10-14(12-4-5-12)18-11-19-15/h10-13H,4-9H2,1-3H3,(H,18,19,20). The van der Waals surface area contributed by atoms with Crippen LogP contribution in [0.15, 0.2) is 12.4 Å². The van der Waals surface area contributed by atoms with Crippen molar-refractivity contribution in [1.82, 2.24) is 14.9 Å². The fourth-order valence-corrected chi connectivity index (χ4v) is 2.96. The van der Waals surface area contributed by atoms with E-state index in [0.29, 0.717) is 12.0 Å². The monoisotopic (exact) mass is 302 g/mol. The fraction of sp³-hybridized carbons (Fsp3) is 0.706. The molecule has 1 saturated carbocycles. The van der Waals surface area contributed by atoms with Crippen LogP contribution in [0.4, 0.5) is 5.82 Å². The van der Waals surface area contributed by atoms with Crippen LogP contribution in [0, 0.1) is 5.41 Å². The van der Waals surface area contributed by atoms with Crippen LogP contribution in [-0.2, 0) is 4.79 Å². The van der Waals surface area contributed by atoms with Gasteiger partial charge in [-0.05, 0) is 25.7 Å². The summed E-state index contributed by atoms with van der Waals surface area (Å²) >= 11 is 0. The molecule has 1 saturated heterocycles. The highest BCUT2D eigenvalue weighted by Gasteiger charge is 2.30. The predicted octanol–water partition coefficient (Wildman–Crippen LogP) is 2.80. The largest absolute Gasteiger partial charge is 0.367 e. The average Bonchev–Trinajstić information content (AvgIpc) is 3.31. The molecule has 0 radical (unpaired) electrons. The Morgan fingerprint density at radius 3 is 2.45 bits per heavy atom. The van der Waals surface area contributed by atoms with Crippen LogP contribution in [0.25, 0.3) is 0 Å². The van der Waals surface area contributed by atoms with Gasteiger partial charge in [-0.25, -0.2) is 9.97 Å². The van der Waals surface area contributed by atoms with Crippen LogP contribution in [0.3, 0.4) is 0 Å². The van der Waals surface area contributed by atoms with Crippen molar-refractivity contribution in [3.8, 4) is 0 Å². The number of hydrogen-bond acceptors (Lipinski definition) is 4. The number of hydrogen-bond donors (Lipinski definition) is 1. The van der Waals surface area contributed by atoms with Crippen LogP contribution < -0.4 is 5.32 Å². The molecule has 0 bridgehead atoms. The third-order valence-electron chi connectivity index (χ3n) is 4.46. The molecule has 0 aromatic carbocycles. The minimum Gasteiger partial charge on any atom is -0.367 e. The van der Waals surface area contributed by atoms with Gasteiger partial charge in [-0.15, -0.1) is 0 Å². The Morgan fingerprint density at radius 1 is 1.18 bits per heavy atom. The zero-order valence-electron chi connectivity index (χ0n) is 13.8. The van der Waals surface area contributed by atoms with E-state index in [9.17, 15) is 4.79 Å². The van der Waals surface area contributed by atoms with Crippen molar-refractivity contribution in [1.29, 1.82) is 0 Å². The molecule has 1 aromatic rings. The SMILES string of the molecule is CC(C)(C)C(=O)N1CCC(Nc2cc(C3CC3)ncn2)CC1. The number of nitrogens with zero attached hydrogens (tertiary/aromatic N) is 3. The van der Waals surface area contributed by atoms with Gasteiger partial charge in [0.2, 0.25) is 5.91 Å². The first kappa shape index (κ1) is 15.3. The molecular weight excluding hydrogens is 276 g/mol. The number of carbonyl (C=O) groups excluding carboxylic acids is 1. The van der Waals surface area contributed by atoms with E-state index in [4.69, 9.17) is 0 Å². The van der Waals surface area contributed by atoms with Gasteiger partial charge >= 0.3 is 0 Å². The molecule has 0 spiro atoms. The normalized spacial score (nSPS) is 20.0. The van der Waals surface area contributed by atoms with Crippen LogP contribution in [0.5, 0.6) is 0 Å². The molecule has 2 fully saturated rings. The maximum absolute atomic E-state index is 12.3. The minimum atomic E-state index is -0.286. The molecule has 2 aliphatic rings. The maximum atomic E-state index is 12.3. The van der Waals surface area contributed by atoms with Gasteiger partial charge < -0.3 is 10.2 Å². The molecular formula is C17H26N4O. The van der Waals surface area contributed by atoms with E-state index in [2.05, 4.69) is 21.4 Å². The number of aromatic nitrogens is 2. The van der Waals surface area contributed by atoms with E-state index in [1.54, 1.807) is 6.33 Å². The van der Waals surface area contributed by atoms with E-state index in [1.165, 1.54) is 12.8 Å². The van der Waals surface area contributed by atoms with E-state index in [1.807, 2.05) is 25.7 Å².